The summed E-state index contributed by atoms with van der Waals surface area (Å²) in [6.45, 7) is 3.94. The van der Waals surface area contributed by atoms with Crippen LogP contribution in [0, 0.1) is 25.2 Å². The van der Waals surface area contributed by atoms with Crippen molar-refractivity contribution in [2.45, 2.75) is 13.8 Å². The van der Waals surface area contributed by atoms with E-state index in [0.29, 0.717) is 10.6 Å². The van der Waals surface area contributed by atoms with Crippen LogP contribution in [0.15, 0.2) is 36.5 Å². The van der Waals surface area contributed by atoms with Gasteiger partial charge in [-0.05, 0) is 37.6 Å². The lowest BCUT2D eigenvalue weighted by atomic mass is 10.1. The van der Waals surface area contributed by atoms with Crippen molar-refractivity contribution in [2.75, 3.05) is 0 Å². The summed E-state index contributed by atoms with van der Waals surface area (Å²) < 4.78 is 1.89. The number of fused-ring (bicyclic) bond motifs is 1. The fourth-order valence-corrected chi connectivity index (χ4v) is 2.72. The molecule has 3 rings (SSSR count). The number of halogens is 1. The van der Waals surface area contributed by atoms with Gasteiger partial charge in [-0.25, -0.2) is 4.98 Å². The van der Waals surface area contributed by atoms with Crippen LogP contribution >= 0.6 is 11.6 Å². The maximum absolute atomic E-state index is 9.33. The Hall–Kier alpha value is -2.31. The van der Waals surface area contributed by atoms with Gasteiger partial charge in [-0.2, -0.15) is 5.26 Å². The second-order valence-electron chi connectivity index (χ2n) is 4.76. The van der Waals surface area contributed by atoms with Gasteiger partial charge in [0.25, 0.3) is 0 Å². The van der Waals surface area contributed by atoms with E-state index in [2.05, 4.69) is 11.1 Å². The van der Waals surface area contributed by atoms with Crippen molar-refractivity contribution in [2.24, 2.45) is 0 Å². The molecule has 0 radical (unpaired) electrons. The molecule has 0 unspecified atom stereocenters. The van der Waals surface area contributed by atoms with Crippen molar-refractivity contribution in [3.8, 4) is 11.8 Å². The number of rotatable bonds is 1. The Morgan fingerprint density at radius 1 is 1.25 bits per heavy atom. The minimum absolute atomic E-state index is 0.616. The Balaban J connectivity index is 2.44. The Kier molecular flexibility index (Phi) is 2.96. The fourth-order valence-electron chi connectivity index (χ4n) is 2.49. The number of aromatic nitrogens is 2. The molecule has 2 heterocycles. The number of para-hydroxylation sites is 1. The van der Waals surface area contributed by atoms with Gasteiger partial charge in [0.05, 0.1) is 16.3 Å². The second kappa shape index (κ2) is 4.66. The Morgan fingerprint density at radius 3 is 2.70 bits per heavy atom. The molecule has 0 fully saturated rings. The van der Waals surface area contributed by atoms with E-state index in [9.17, 15) is 5.26 Å². The first-order chi connectivity index (χ1) is 9.61. The first-order valence-electron chi connectivity index (χ1n) is 6.26. The quantitative estimate of drug-likeness (QED) is 0.672. The molecule has 3 aromatic rings. The fraction of sp³-hybridized carbons (Fsp3) is 0.125. The lowest BCUT2D eigenvalue weighted by Gasteiger charge is -2.07. The van der Waals surface area contributed by atoms with Crippen LogP contribution in [-0.2, 0) is 0 Å². The minimum atomic E-state index is 0.616. The van der Waals surface area contributed by atoms with E-state index >= 15 is 0 Å². The third-order valence-corrected chi connectivity index (χ3v) is 3.63. The Labute approximate surface area is 122 Å². The molecule has 0 saturated heterocycles. The molecule has 4 heteroatoms. The van der Waals surface area contributed by atoms with Crippen LogP contribution < -0.4 is 0 Å². The van der Waals surface area contributed by atoms with Gasteiger partial charge in [0.1, 0.15) is 11.7 Å². The maximum atomic E-state index is 9.33. The molecule has 0 aliphatic heterocycles. The molecular formula is C16H12ClN3. The van der Waals surface area contributed by atoms with Crippen molar-refractivity contribution in [1.82, 2.24) is 9.55 Å². The standard InChI is InChI=1S/C16H12ClN3/c1-10-7-11(2)19-16-15(10)12(8-18)9-20(16)14-6-4-3-5-13(14)17/h3-7,9H,1-2H3. The highest BCUT2D eigenvalue weighted by Gasteiger charge is 2.15. The molecule has 0 saturated carbocycles. The van der Waals surface area contributed by atoms with E-state index in [4.69, 9.17) is 11.6 Å². The first kappa shape index (κ1) is 12.7. The highest BCUT2D eigenvalue weighted by atomic mass is 35.5. The van der Waals surface area contributed by atoms with E-state index in [-0.39, 0.29) is 0 Å². The van der Waals surface area contributed by atoms with Gasteiger partial charge in [0.15, 0.2) is 0 Å². The molecule has 0 N–H and O–H groups in total. The zero-order valence-corrected chi connectivity index (χ0v) is 11.9. The van der Waals surface area contributed by atoms with E-state index in [1.807, 2.05) is 48.7 Å². The van der Waals surface area contributed by atoms with Crippen molar-refractivity contribution in [3.63, 3.8) is 0 Å². The molecule has 0 spiro atoms. The van der Waals surface area contributed by atoms with Crippen LogP contribution in [0.2, 0.25) is 5.02 Å². The summed E-state index contributed by atoms with van der Waals surface area (Å²) in [4.78, 5) is 4.58. The molecule has 0 aliphatic carbocycles. The monoisotopic (exact) mass is 281 g/mol. The van der Waals surface area contributed by atoms with Crippen molar-refractivity contribution < 1.29 is 0 Å². The van der Waals surface area contributed by atoms with Crippen molar-refractivity contribution in [1.29, 1.82) is 5.26 Å². The zero-order valence-electron chi connectivity index (χ0n) is 11.2. The van der Waals surface area contributed by atoms with Gasteiger partial charge in [-0.1, -0.05) is 23.7 Å². The summed E-state index contributed by atoms with van der Waals surface area (Å²) in [7, 11) is 0. The lowest BCUT2D eigenvalue weighted by molar-refractivity contribution is 1.07. The van der Waals surface area contributed by atoms with Gasteiger partial charge in [-0.3, -0.25) is 4.57 Å². The minimum Gasteiger partial charge on any atom is -0.298 e. The third kappa shape index (κ3) is 1.86. The van der Waals surface area contributed by atoms with Crippen LogP contribution in [0.1, 0.15) is 16.8 Å². The molecular weight excluding hydrogens is 270 g/mol. The van der Waals surface area contributed by atoms with E-state index in [1.165, 1.54) is 0 Å². The zero-order chi connectivity index (χ0) is 14.3. The number of aryl methyl sites for hydroxylation is 2. The van der Waals surface area contributed by atoms with E-state index in [1.54, 1.807) is 6.20 Å². The summed E-state index contributed by atoms with van der Waals surface area (Å²) in [5.74, 6) is 0. The Morgan fingerprint density at radius 2 is 2.00 bits per heavy atom. The Bertz CT molecular complexity index is 856. The van der Waals surface area contributed by atoms with Gasteiger partial charge >= 0.3 is 0 Å². The lowest BCUT2D eigenvalue weighted by Crippen LogP contribution is -1.96. The van der Waals surface area contributed by atoms with Crippen LogP contribution in [0.5, 0.6) is 0 Å². The smallest absolute Gasteiger partial charge is 0.146 e. The maximum Gasteiger partial charge on any atom is 0.146 e. The molecule has 2 aromatic heterocycles. The predicted molar refractivity (Wildman–Crippen MR) is 80.3 cm³/mol. The van der Waals surface area contributed by atoms with E-state index < -0.39 is 0 Å². The highest BCUT2D eigenvalue weighted by Crippen LogP contribution is 2.29. The SMILES string of the molecule is Cc1cc(C)c2c(C#N)cn(-c3ccccc3Cl)c2n1. The van der Waals surface area contributed by atoms with E-state index in [0.717, 1.165) is 28.0 Å². The molecule has 0 atom stereocenters. The molecule has 0 amide bonds. The largest absolute Gasteiger partial charge is 0.298 e. The summed E-state index contributed by atoms with van der Waals surface area (Å²) in [5, 5.41) is 10.9. The molecule has 98 valence electrons. The van der Waals surface area contributed by atoms with Crippen LogP contribution in [-0.4, -0.2) is 9.55 Å². The van der Waals surface area contributed by atoms with Crippen LogP contribution in [0.4, 0.5) is 0 Å². The van der Waals surface area contributed by atoms with Gasteiger partial charge in [0, 0.05) is 17.3 Å². The van der Waals surface area contributed by atoms with Gasteiger partial charge in [-0.15, -0.1) is 0 Å². The molecule has 20 heavy (non-hydrogen) atoms. The number of benzene rings is 1. The summed E-state index contributed by atoms with van der Waals surface area (Å²) in [6, 6.07) is 11.8. The third-order valence-electron chi connectivity index (χ3n) is 3.31. The molecule has 0 bridgehead atoms. The molecule has 1 aromatic carbocycles. The van der Waals surface area contributed by atoms with Gasteiger partial charge in [0.2, 0.25) is 0 Å². The van der Waals surface area contributed by atoms with Crippen LogP contribution in [0.25, 0.3) is 16.7 Å². The summed E-state index contributed by atoms with van der Waals surface area (Å²) in [6.07, 6.45) is 1.80. The highest BCUT2D eigenvalue weighted by molar-refractivity contribution is 6.32. The van der Waals surface area contributed by atoms with Crippen molar-refractivity contribution in [3.05, 3.63) is 58.4 Å². The average Bonchev–Trinajstić information content (AvgIpc) is 2.78. The van der Waals surface area contributed by atoms with Crippen LogP contribution in [0.3, 0.4) is 0 Å². The first-order valence-corrected chi connectivity index (χ1v) is 6.64. The number of nitrogens with zero attached hydrogens (tertiary/aromatic N) is 3. The molecule has 3 nitrogen and oxygen atoms in total. The number of hydrogen-bond acceptors (Lipinski definition) is 2. The van der Waals surface area contributed by atoms with Crippen molar-refractivity contribution >= 4 is 22.6 Å². The molecule has 0 aliphatic rings. The number of pyridine rings is 1. The number of nitriles is 1. The normalized spacial score (nSPS) is 10.7. The second-order valence-corrected chi connectivity index (χ2v) is 5.16. The summed E-state index contributed by atoms with van der Waals surface area (Å²) in [5.41, 5.74) is 4.19. The summed E-state index contributed by atoms with van der Waals surface area (Å²) >= 11 is 6.26. The van der Waals surface area contributed by atoms with Gasteiger partial charge < -0.3 is 0 Å². The average molecular weight is 282 g/mol. The number of hydrogen-bond donors (Lipinski definition) is 0. The topological polar surface area (TPSA) is 41.6 Å². The predicted octanol–water partition coefficient (Wildman–Crippen LogP) is 4.17.